The fourth-order valence-electron chi connectivity index (χ4n) is 6.72. The lowest BCUT2D eigenvalue weighted by atomic mass is 9.93. The van der Waals surface area contributed by atoms with Gasteiger partial charge in [-0.25, -0.2) is 0 Å². The molecule has 1 aliphatic heterocycles. The van der Waals surface area contributed by atoms with E-state index >= 15 is 0 Å². The van der Waals surface area contributed by atoms with Crippen molar-refractivity contribution in [3.8, 4) is 5.75 Å². The monoisotopic (exact) mass is 766 g/mol. The number of benzene rings is 1. The first kappa shape index (κ1) is 50.4. The number of rotatable bonds is 20. The molecule has 1 aromatic carbocycles. The molecule has 0 spiro atoms. The van der Waals surface area contributed by atoms with Gasteiger partial charge in [0, 0.05) is 34.9 Å². The van der Waals surface area contributed by atoms with Crippen LogP contribution in [0.4, 0.5) is 0 Å². The quantitative estimate of drug-likeness (QED) is 0.144. The Morgan fingerprint density at radius 1 is 0.963 bits per heavy atom. The molecule has 0 radical (unpaired) electrons. The topological polar surface area (TPSA) is 176 Å². The molecule has 0 saturated carbocycles. The average molecular weight is 766 g/mol. The second-order valence-corrected chi connectivity index (χ2v) is 13.9. The van der Waals surface area contributed by atoms with Gasteiger partial charge in [-0.2, -0.15) is 0 Å². The molecule has 1 aliphatic rings. The third-order valence-corrected chi connectivity index (χ3v) is 9.56. The van der Waals surface area contributed by atoms with Gasteiger partial charge in [0.05, 0.1) is 67.9 Å². The highest BCUT2D eigenvalue weighted by Gasteiger charge is 2.41. The molecule has 0 bridgehead atoms. The van der Waals surface area contributed by atoms with E-state index in [4.69, 9.17) is 19.3 Å². The smallest absolute Gasteiger partial charge is 0.242 e. The number of likely N-dealkylation sites (N-methyl/N-ethyl adjacent to an activating group) is 2. The van der Waals surface area contributed by atoms with E-state index in [1.807, 2.05) is 20.8 Å². The zero-order chi connectivity index (χ0) is 41.5. The van der Waals surface area contributed by atoms with Crippen LogP contribution in [-0.4, -0.2) is 136 Å². The van der Waals surface area contributed by atoms with E-state index in [1.54, 1.807) is 62.0 Å². The first-order chi connectivity index (χ1) is 25.7. The number of carbonyl (C=O) groups excluding carboxylic acids is 5. The third-order valence-electron chi connectivity index (χ3n) is 9.56. The van der Waals surface area contributed by atoms with Crippen LogP contribution in [-0.2, 0) is 28.7 Å². The van der Waals surface area contributed by atoms with Crippen LogP contribution in [0.2, 0.25) is 0 Å². The summed E-state index contributed by atoms with van der Waals surface area (Å²) >= 11 is 0. The Morgan fingerprint density at radius 3 is 2.09 bits per heavy atom. The number of aliphatic hydroxyl groups is 1. The number of nitrogens with zero attached hydrogens (tertiary/aromatic N) is 2. The summed E-state index contributed by atoms with van der Waals surface area (Å²) in [4.78, 5) is 69.6. The fraction of sp³-hybridized carbons (Fsp3) is 0.725. The zero-order valence-corrected chi connectivity index (χ0v) is 35.2. The van der Waals surface area contributed by atoms with E-state index in [-0.39, 0.29) is 54.3 Å². The molecule has 0 aliphatic carbocycles. The molecular formula is C40H71N5O9. The first-order valence-electron chi connectivity index (χ1n) is 19.2. The minimum atomic E-state index is -0.809. The molecule has 14 nitrogen and oxygen atoms in total. The number of ether oxygens (including phenoxy) is 3. The number of ketones is 1. The van der Waals surface area contributed by atoms with Crippen molar-refractivity contribution in [2.75, 3.05) is 55.6 Å². The number of amides is 4. The van der Waals surface area contributed by atoms with Gasteiger partial charge >= 0.3 is 0 Å². The average Bonchev–Trinajstić information content (AvgIpc) is 3.65. The largest absolute Gasteiger partial charge is 0.496 e. The lowest BCUT2D eigenvalue weighted by molar-refractivity contribution is -0.144. The molecule has 0 aromatic heterocycles. The molecule has 14 heteroatoms. The summed E-state index contributed by atoms with van der Waals surface area (Å²) in [6.07, 6.45) is 2.80. The van der Waals surface area contributed by atoms with E-state index in [9.17, 15) is 24.0 Å². The summed E-state index contributed by atoms with van der Waals surface area (Å²) in [7, 11) is 8.91. The van der Waals surface area contributed by atoms with E-state index in [2.05, 4.69) is 29.8 Å². The Labute approximate surface area is 324 Å². The molecule has 1 aromatic rings. The van der Waals surface area contributed by atoms with Gasteiger partial charge in [0.25, 0.3) is 0 Å². The summed E-state index contributed by atoms with van der Waals surface area (Å²) in [6, 6.07) is 4.86. The second kappa shape index (κ2) is 27.1. The summed E-state index contributed by atoms with van der Waals surface area (Å²) in [5, 5.41) is 15.5. The van der Waals surface area contributed by atoms with Crippen molar-refractivity contribution in [1.29, 1.82) is 0 Å². The van der Waals surface area contributed by atoms with Crippen LogP contribution in [0.3, 0.4) is 0 Å². The molecule has 4 amide bonds. The maximum atomic E-state index is 13.9. The Balaban J connectivity index is 0.00000533. The van der Waals surface area contributed by atoms with Crippen LogP contribution >= 0.6 is 0 Å². The van der Waals surface area contributed by atoms with E-state index in [1.165, 1.54) is 27.8 Å². The Bertz CT molecular complexity index is 1280. The minimum absolute atomic E-state index is 0.0261. The van der Waals surface area contributed by atoms with E-state index < -0.39 is 36.3 Å². The highest BCUT2D eigenvalue weighted by molar-refractivity contribution is 6.03. The number of hydrogen-bond donors (Lipinski definition) is 4. The standard InChI is InChI=1S/C36H59N5O8.C3H8.CH4O/c1-11-15-26(40(7)31(43)21-38-36(46)32(37-6)22(2)3)29(48-9)20-30(42)41-19-14-17-27(41)34(49-10)23(4)35(45)39-24(5)33(44)25-16-12-13-18-28(25)47-8;1-3-2;1-2/h12-13,16,18,22-24,26-27,29,32,34,37H,11,14-15,17,19-21H2,1-10H3,(H,38,46)(H,39,45);3H2,1-2H3;2H,1H3/t23?,24?,26-,27?,29?,32?,34?;;/m0../s1. The van der Waals surface area contributed by atoms with Gasteiger partial charge in [0.1, 0.15) is 5.75 Å². The van der Waals surface area contributed by atoms with Gasteiger partial charge in [-0.3, -0.25) is 24.0 Å². The van der Waals surface area contributed by atoms with Crippen molar-refractivity contribution in [3.05, 3.63) is 29.8 Å². The Kier molecular flexibility index (Phi) is 25.3. The summed E-state index contributed by atoms with van der Waals surface area (Å²) < 4.78 is 17.0. The summed E-state index contributed by atoms with van der Waals surface area (Å²) in [5.41, 5.74) is 0.376. The number of para-hydroxylation sites is 1. The van der Waals surface area contributed by atoms with Crippen molar-refractivity contribution in [1.82, 2.24) is 25.8 Å². The predicted octanol–water partition coefficient (Wildman–Crippen LogP) is 3.44. The van der Waals surface area contributed by atoms with Crippen molar-refractivity contribution >= 4 is 29.4 Å². The molecule has 54 heavy (non-hydrogen) atoms. The van der Waals surface area contributed by atoms with Crippen LogP contribution in [0.25, 0.3) is 0 Å². The van der Waals surface area contributed by atoms with Crippen LogP contribution in [0.1, 0.15) is 97.3 Å². The van der Waals surface area contributed by atoms with Gasteiger partial charge in [0.15, 0.2) is 5.78 Å². The van der Waals surface area contributed by atoms with E-state index in [0.29, 0.717) is 30.7 Å². The van der Waals surface area contributed by atoms with Crippen LogP contribution < -0.4 is 20.7 Å². The number of Topliss-reactive ketones (excluding diaryl/α,β-unsaturated/α-hetero) is 1. The van der Waals surface area contributed by atoms with Gasteiger partial charge in [0.2, 0.25) is 23.6 Å². The Hall–Kier alpha value is -3.59. The SMILES string of the molecule is CCC.CCC[C@@H](C(CC(=O)N1CCCC1C(OC)C(C)C(=O)NC(C)C(=O)c1ccccc1OC)OC)N(C)C(=O)CNC(=O)C(NC)C(C)C.CO. The number of carbonyl (C=O) groups is 5. The summed E-state index contributed by atoms with van der Waals surface area (Å²) in [5.74, 6) is -1.52. The number of aliphatic hydroxyl groups excluding tert-OH is 1. The predicted molar refractivity (Wildman–Crippen MR) is 211 cm³/mol. The summed E-state index contributed by atoms with van der Waals surface area (Å²) in [6.45, 7) is 13.8. The normalized spacial score (nSPS) is 16.9. The third kappa shape index (κ3) is 14.9. The lowest BCUT2D eigenvalue weighted by Gasteiger charge is -2.37. The van der Waals surface area contributed by atoms with Gasteiger partial charge in [-0.15, -0.1) is 0 Å². The number of methoxy groups -OCH3 is 3. The van der Waals surface area contributed by atoms with Crippen molar-refractivity contribution in [2.45, 2.75) is 123 Å². The van der Waals surface area contributed by atoms with Crippen LogP contribution in [0.5, 0.6) is 5.75 Å². The van der Waals surface area contributed by atoms with Crippen molar-refractivity contribution < 1.29 is 43.3 Å². The van der Waals surface area contributed by atoms with E-state index in [0.717, 1.165) is 20.0 Å². The first-order valence-corrected chi connectivity index (χ1v) is 19.2. The van der Waals surface area contributed by atoms with Crippen LogP contribution in [0.15, 0.2) is 24.3 Å². The number of nitrogens with one attached hydrogen (secondary N) is 3. The second-order valence-electron chi connectivity index (χ2n) is 13.9. The molecule has 7 atom stereocenters. The van der Waals surface area contributed by atoms with Gasteiger partial charge in [-0.05, 0) is 51.3 Å². The molecule has 1 saturated heterocycles. The highest BCUT2D eigenvalue weighted by atomic mass is 16.5. The maximum Gasteiger partial charge on any atom is 0.242 e. The molecule has 1 fully saturated rings. The zero-order valence-electron chi connectivity index (χ0n) is 35.2. The highest BCUT2D eigenvalue weighted by Crippen LogP contribution is 2.29. The molecule has 4 N–H and O–H groups in total. The molecule has 1 heterocycles. The molecule has 6 unspecified atom stereocenters. The lowest BCUT2D eigenvalue weighted by Crippen LogP contribution is -2.54. The minimum Gasteiger partial charge on any atom is -0.496 e. The Morgan fingerprint density at radius 2 is 1.57 bits per heavy atom. The number of hydrogen-bond acceptors (Lipinski definition) is 10. The van der Waals surface area contributed by atoms with Gasteiger partial charge < -0.3 is 45.1 Å². The fourth-order valence-corrected chi connectivity index (χ4v) is 6.72. The van der Waals surface area contributed by atoms with Gasteiger partial charge in [-0.1, -0.05) is 66.5 Å². The molecule has 310 valence electrons. The maximum absolute atomic E-state index is 13.9. The van der Waals surface area contributed by atoms with Crippen molar-refractivity contribution in [3.63, 3.8) is 0 Å². The molecule has 2 rings (SSSR count). The number of likely N-dealkylation sites (tertiary alicyclic amines) is 1. The van der Waals surface area contributed by atoms with Crippen molar-refractivity contribution in [2.24, 2.45) is 11.8 Å². The molecular weight excluding hydrogens is 694 g/mol. The van der Waals surface area contributed by atoms with Crippen LogP contribution in [0, 0.1) is 11.8 Å².